The summed E-state index contributed by atoms with van der Waals surface area (Å²) in [6.45, 7) is 2.99. The van der Waals surface area contributed by atoms with E-state index in [1.807, 2.05) is 43.3 Å². The standard InChI is InChI=1S/C25H29N7O3/c1-16(17-6-3-2-4-7-17)28-23-21(22(26)34)15-27-24(31-23)29-18-8-5-9-19(14-18)30-25(35)32-12-10-20(33)11-13-32/h2-9,14-16,20,33H,10-13H2,1H3,(H2,26,34)(H,30,35)(H2,27,28,29,31)/t16-/m1/s1. The Balaban J connectivity index is 1.47. The minimum atomic E-state index is -0.630. The summed E-state index contributed by atoms with van der Waals surface area (Å²) < 4.78 is 0. The third-order valence-corrected chi connectivity index (χ3v) is 5.83. The molecule has 0 radical (unpaired) electrons. The zero-order valence-corrected chi connectivity index (χ0v) is 19.4. The number of aliphatic hydroxyl groups excluding tert-OH is 1. The first-order chi connectivity index (χ1) is 16.9. The van der Waals surface area contributed by atoms with Gasteiger partial charge in [-0.2, -0.15) is 4.98 Å². The monoisotopic (exact) mass is 475 g/mol. The van der Waals surface area contributed by atoms with E-state index in [1.165, 1.54) is 6.20 Å². The number of rotatable bonds is 7. The summed E-state index contributed by atoms with van der Waals surface area (Å²) in [6.07, 6.45) is 2.19. The van der Waals surface area contributed by atoms with E-state index in [0.29, 0.717) is 43.1 Å². The van der Waals surface area contributed by atoms with Crippen LogP contribution in [0.3, 0.4) is 0 Å². The number of piperidine rings is 1. The first kappa shape index (κ1) is 24.0. The van der Waals surface area contributed by atoms with Crippen LogP contribution in [0.2, 0.25) is 0 Å². The quantitative estimate of drug-likeness (QED) is 0.352. The average molecular weight is 476 g/mol. The van der Waals surface area contributed by atoms with Gasteiger partial charge in [0.05, 0.1) is 11.7 Å². The Labute approximate surface area is 203 Å². The lowest BCUT2D eigenvalue weighted by molar-refractivity contribution is 0.0970. The molecule has 2 heterocycles. The summed E-state index contributed by atoms with van der Waals surface area (Å²) in [6, 6.07) is 16.6. The summed E-state index contributed by atoms with van der Waals surface area (Å²) in [4.78, 5) is 34.9. The van der Waals surface area contributed by atoms with Crippen LogP contribution >= 0.6 is 0 Å². The lowest BCUT2D eigenvalue weighted by atomic mass is 10.1. The SMILES string of the molecule is C[C@@H](Nc1nc(Nc2cccc(NC(=O)N3CCC(O)CC3)c2)ncc1C(N)=O)c1ccccc1. The number of aromatic nitrogens is 2. The Hall–Kier alpha value is -4.18. The highest BCUT2D eigenvalue weighted by atomic mass is 16.3. The van der Waals surface area contributed by atoms with Gasteiger partial charge < -0.3 is 31.7 Å². The van der Waals surface area contributed by atoms with Gasteiger partial charge in [0.15, 0.2) is 0 Å². The number of aliphatic hydroxyl groups is 1. The first-order valence-electron chi connectivity index (χ1n) is 11.5. The van der Waals surface area contributed by atoms with Crippen molar-refractivity contribution in [2.75, 3.05) is 29.0 Å². The third-order valence-electron chi connectivity index (χ3n) is 5.83. The number of primary amides is 1. The first-order valence-corrected chi connectivity index (χ1v) is 11.5. The Morgan fingerprint density at radius 1 is 1.09 bits per heavy atom. The molecule has 1 aliphatic heterocycles. The number of hydrogen-bond donors (Lipinski definition) is 5. The molecule has 1 saturated heterocycles. The molecule has 1 aliphatic rings. The number of nitrogens with zero attached hydrogens (tertiary/aromatic N) is 3. The number of anilines is 4. The van der Waals surface area contributed by atoms with Crippen LogP contribution in [-0.2, 0) is 0 Å². The Bertz CT molecular complexity index is 1180. The van der Waals surface area contributed by atoms with Crippen molar-refractivity contribution in [3.8, 4) is 0 Å². The van der Waals surface area contributed by atoms with Gasteiger partial charge in [-0.15, -0.1) is 0 Å². The van der Waals surface area contributed by atoms with Gasteiger partial charge in [0.25, 0.3) is 5.91 Å². The lowest BCUT2D eigenvalue weighted by Gasteiger charge is -2.29. The third kappa shape index (κ3) is 6.24. The van der Waals surface area contributed by atoms with Crippen molar-refractivity contribution in [2.24, 2.45) is 5.73 Å². The van der Waals surface area contributed by atoms with Gasteiger partial charge in [-0.3, -0.25) is 4.79 Å². The second-order valence-corrected chi connectivity index (χ2v) is 8.45. The van der Waals surface area contributed by atoms with Gasteiger partial charge >= 0.3 is 6.03 Å². The maximum Gasteiger partial charge on any atom is 0.321 e. The molecule has 0 bridgehead atoms. The summed E-state index contributed by atoms with van der Waals surface area (Å²) in [7, 11) is 0. The number of hydrogen-bond acceptors (Lipinski definition) is 7. The molecule has 1 atom stereocenters. The minimum absolute atomic E-state index is 0.119. The molecule has 2 aromatic carbocycles. The molecule has 10 nitrogen and oxygen atoms in total. The molecule has 6 N–H and O–H groups in total. The van der Waals surface area contributed by atoms with Crippen molar-refractivity contribution in [2.45, 2.75) is 31.9 Å². The molecule has 3 aromatic rings. The van der Waals surface area contributed by atoms with Gasteiger partial charge in [0, 0.05) is 36.7 Å². The van der Waals surface area contributed by atoms with Crippen molar-refractivity contribution in [1.82, 2.24) is 14.9 Å². The van der Waals surface area contributed by atoms with E-state index in [2.05, 4.69) is 25.9 Å². The van der Waals surface area contributed by atoms with Crippen molar-refractivity contribution in [3.63, 3.8) is 0 Å². The Morgan fingerprint density at radius 2 is 1.80 bits per heavy atom. The van der Waals surface area contributed by atoms with Crippen LogP contribution in [0.15, 0.2) is 60.8 Å². The summed E-state index contributed by atoms with van der Waals surface area (Å²) in [5, 5.41) is 18.9. The zero-order chi connectivity index (χ0) is 24.8. The van der Waals surface area contributed by atoms with Crippen LogP contribution in [0, 0.1) is 0 Å². The molecule has 182 valence electrons. The van der Waals surface area contributed by atoms with E-state index in [9.17, 15) is 14.7 Å². The van der Waals surface area contributed by atoms with Crippen LogP contribution in [0.1, 0.15) is 41.7 Å². The van der Waals surface area contributed by atoms with Crippen molar-refractivity contribution in [3.05, 3.63) is 71.9 Å². The van der Waals surface area contributed by atoms with Crippen LogP contribution in [-0.4, -0.2) is 51.1 Å². The molecule has 0 aliphatic carbocycles. The molecule has 1 fully saturated rings. The van der Waals surface area contributed by atoms with E-state index < -0.39 is 5.91 Å². The summed E-state index contributed by atoms with van der Waals surface area (Å²) in [5.41, 5.74) is 8.01. The maximum absolute atomic E-state index is 12.5. The van der Waals surface area contributed by atoms with Gasteiger partial charge in [-0.25, -0.2) is 9.78 Å². The minimum Gasteiger partial charge on any atom is -0.393 e. The van der Waals surface area contributed by atoms with E-state index in [1.54, 1.807) is 23.1 Å². The normalized spacial score (nSPS) is 14.7. The fourth-order valence-electron chi connectivity index (χ4n) is 3.84. The van der Waals surface area contributed by atoms with Gasteiger partial charge in [0.2, 0.25) is 5.95 Å². The van der Waals surface area contributed by atoms with Crippen molar-refractivity contribution < 1.29 is 14.7 Å². The van der Waals surface area contributed by atoms with E-state index in [0.717, 1.165) is 5.56 Å². The van der Waals surface area contributed by atoms with Crippen LogP contribution in [0.4, 0.5) is 27.9 Å². The van der Waals surface area contributed by atoms with Crippen molar-refractivity contribution >= 4 is 35.1 Å². The molecule has 35 heavy (non-hydrogen) atoms. The Kier molecular flexibility index (Phi) is 7.41. The highest BCUT2D eigenvalue weighted by Gasteiger charge is 2.21. The molecule has 0 saturated carbocycles. The van der Waals surface area contributed by atoms with Crippen LogP contribution in [0.25, 0.3) is 0 Å². The smallest absolute Gasteiger partial charge is 0.321 e. The Morgan fingerprint density at radius 3 is 2.51 bits per heavy atom. The highest BCUT2D eigenvalue weighted by molar-refractivity contribution is 5.97. The number of amides is 3. The van der Waals surface area contributed by atoms with Crippen molar-refractivity contribution in [1.29, 1.82) is 0 Å². The van der Waals surface area contributed by atoms with E-state index in [-0.39, 0.29) is 29.7 Å². The molecule has 3 amide bonds. The van der Waals surface area contributed by atoms with Crippen LogP contribution < -0.4 is 21.7 Å². The number of nitrogens with one attached hydrogen (secondary N) is 3. The topological polar surface area (TPSA) is 146 Å². The summed E-state index contributed by atoms with van der Waals surface area (Å²) in [5.74, 6) is -0.0383. The second kappa shape index (κ2) is 10.8. The number of likely N-dealkylation sites (tertiary alicyclic amines) is 1. The lowest BCUT2D eigenvalue weighted by Crippen LogP contribution is -2.42. The van der Waals surface area contributed by atoms with Crippen LogP contribution in [0.5, 0.6) is 0 Å². The van der Waals surface area contributed by atoms with Gasteiger partial charge in [0.1, 0.15) is 5.82 Å². The predicted octanol–water partition coefficient (Wildman–Crippen LogP) is 3.48. The molecule has 0 unspecified atom stereocenters. The number of carbonyl (C=O) groups is 2. The van der Waals surface area contributed by atoms with E-state index >= 15 is 0 Å². The number of benzene rings is 2. The average Bonchev–Trinajstić information content (AvgIpc) is 2.85. The molecule has 10 heteroatoms. The predicted molar refractivity (Wildman–Crippen MR) is 135 cm³/mol. The fourth-order valence-corrected chi connectivity index (χ4v) is 3.84. The largest absolute Gasteiger partial charge is 0.393 e. The summed E-state index contributed by atoms with van der Waals surface area (Å²) >= 11 is 0. The number of urea groups is 1. The number of carbonyl (C=O) groups excluding carboxylic acids is 2. The molecule has 4 rings (SSSR count). The van der Waals surface area contributed by atoms with Gasteiger partial charge in [-0.05, 0) is 43.5 Å². The fraction of sp³-hybridized carbons (Fsp3) is 0.280. The molecular weight excluding hydrogens is 446 g/mol. The molecular formula is C25H29N7O3. The maximum atomic E-state index is 12.5. The van der Waals surface area contributed by atoms with E-state index in [4.69, 9.17) is 5.73 Å². The number of nitrogens with two attached hydrogens (primary N) is 1. The molecule has 0 spiro atoms. The molecule has 1 aromatic heterocycles. The van der Waals surface area contributed by atoms with Gasteiger partial charge in [-0.1, -0.05) is 36.4 Å². The highest BCUT2D eigenvalue weighted by Crippen LogP contribution is 2.24. The second-order valence-electron chi connectivity index (χ2n) is 8.45. The zero-order valence-electron chi connectivity index (χ0n) is 19.4.